The number of nitrogens with zero attached hydrogens (tertiary/aromatic N) is 1. The number of hydrogen-bond donors (Lipinski definition) is 4. The van der Waals surface area contributed by atoms with Crippen LogP contribution in [0.1, 0.15) is 12.0 Å². The Bertz CT molecular complexity index is 522. The molecule has 6 heteroatoms. The summed E-state index contributed by atoms with van der Waals surface area (Å²) in [4.78, 5) is 7.33. The lowest BCUT2D eigenvalue weighted by atomic mass is 10.2. The largest absolute Gasteiger partial charge is 0.363 e. The molecule has 5 nitrogen and oxygen atoms in total. The molecule has 0 unspecified atom stereocenters. The summed E-state index contributed by atoms with van der Waals surface area (Å²) in [5, 5.41) is 8.07. The number of hydrogen-bond acceptors (Lipinski definition) is 3. The summed E-state index contributed by atoms with van der Waals surface area (Å²) in [5.41, 5.74) is 7.49. The fraction of sp³-hybridized carbons (Fsp3) is 0.333. The van der Waals surface area contributed by atoms with Crippen molar-refractivity contribution in [2.45, 2.75) is 13.0 Å². The molecule has 2 heterocycles. The highest BCUT2D eigenvalue weighted by atomic mass is 32.1. The van der Waals surface area contributed by atoms with Crippen LogP contribution in [0.25, 0.3) is 11.0 Å². The Hall–Kier alpha value is -1.66. The molecule has 0 bridgehead atoms. The third-order valence-corrected chi connectivity index (χ3v) is 2.95. The molecule has 0 aliphatic carbocycles. The first-order chi connectivity index (χ1) is 8.81. The SMILES string of the molecule is NCCCNC(=S)NCc1ccnc2[nH]ccc12. The number of H-pyrrole nitrogens is 1. The lowest BCUT2D eigenvalue weighted by molar-refractivity contribution is 0.763. The molecule has 5 N–H and O–H groups in total. The summed E-state index contributed by atoms with van der Waals surface area (Å²) >= 11 is 5.18. The summed E-state index contributed by atoms with van der Waals surface area (Å²) in [7, 11) is 0. The van der Waals surface area contributed by atoms with Gasteiger partial charge < -0.3 is 21.4 Å². The number of aromatic nitrogens is 2. The summed E-state index contributed by atoms with van der Waals surface area (Å²) in [6.07, 6.45) is 4.60. The van der Waals surface area contributed by atoms with Gasteiger partial charge in [-0.2, -0.15) is 0 Å². The lowest BCUT2D eigenvalue weighted by Crippen LogP contribution is -2.35. The van der Waals surface area contributed by atoms with Gasteiger partial charge >= 0.3 is 0 Å². The molecule has 0 spiro atoms. The number of fused-ring (bicyclic) bond motifs is 1. The van der Waals surface area contributed by atoms with Crippen molar-refractivity contribution in [1.29, 1.82) is 0 Å². The summed E-state index contributed by atoms with van der Waals surface area (Å²) < 4.78 is 0. The molecule has 18 heavy (non-hydrogen) atoms. The van der Waals surface area contributed by atoms with E-state index in [1.54, 1.807) is 6.20 Å². The number of aromatic amines is 1. The third-order valence-electron chi connectivity index (χ3n) is 2.66. The van der Waals surface area contributed by atoms with Crippen LogP contribution in [0.5, 0.6) is 0 Å². The van der Waals surface area contributed by atoms with E-state index in [4.69, 9.17) is 18.0 Å². The smallest absolute Gasteiger partial charge is 0.166 e. The molecule has 0 aromatic carbocycles. The van der Waals surface area contributed by atoms with Crippen molar-refractivity contribution in [3.8, 4) is 0 Å². The number of pyridine rings is 1. The molecule has 0 amide bonds. The molecule has 0 radical (unpaired) electrons. The maximum absolute atomic E-state index is 5.42. The fourth-order valence-electron chi connectivity index (χ4n) is 1.71. The van der Waals surface area contributed by atoms with Gasteiger partial charge in [0.1, 0.15) is 5.65 Å². The van der Waals surface area contributed by atoms with E-state index in [2.05, 4.69) is 20.6 Å². The topological polar surface area (TPSA) is 78.8 Å². The van der Waals surface area contributed by atoms with Crippen LogP contribution in [0.4, 0.5) is 0 Å². The van der Waals surface area contributed by atoms with Crippen LogP contribution >= 0.6 is 12.2 Å². The molecule has 2 aromatic heterocycles. The van der Waals surface area contributed by atoms with Gasteiger partial charge in [0, 0.05) is 30.9 Å². The van der Waals surface area contributed by atoms with Crippen LogP contribution in [-0.4, -0.2) is 28.2 Å². The van der Waals surface area contributed by atoms with E-state index in [9.17, 15) is 0 Å². The van der Waals surface area contributed by atoms with Gasteiger partial charge in [0.15, 0.2) is 5.11 Å². The highest BCUT2D eigenvalue weighted by Crippen LogP contribution is 2.14. The zero-order valence-electron chi connectivity index (χ0n) is 10.1. The van der Waals surface area contributed by atoms with Gasteiger partial charge in [0.05, 0.1) is 0 Å². The zero-order chi connectivity index (χ0) is 12.8. The molecule has 2 rings (SSSR count). The van der Waals surface area contributed by atoms with Crippen LogP contribution in [0.3, 0.4) is 0 Å². The highest BCUT2D eigenvalue weighted by Gasteiger charge is 2.03. The monoisotopic (exact) mass is 263 g/mol. The van der Waals surface area contributed by atoms with Crippen molar-refractivity contribution in [1.82, 2.24) is 20.6 Å². The second kappa shape index (κ2) is 6.32. The van der Waals surface area contributed by atoms with Gasteiger partial charge in [-0.05, 0) is 42.9 Å². The molecule has 0 saturated carbocycles. The van der Waals surface area contributed by atoms with Crippen molar-refractivity contribution in [3.05, 3.63) is 30.1 Å². The first-order valence-electron chi connectivity index (χ1n) is 5.94. The van der Waals surface area contributed by atoms with Crippen LogP contribution in [0, 0.1) is 0 Å². The molecule has 0 atom stereocenters. The van der Waals surface area contributed by atoms with Gasteiger partial charge in [-0.25, -0.2) is 4.98 Å². The van der Waals surface area contributed by atoms with E-state index in [1.165, 1.54) is 5.56 Å². The maximum Gasteiger partial charge on any atom is 0.166 e. The number of nitrogens with two attached hydrogens (primary N) is 1. The zero-order valence-corrected chi connectivity index (χ0v) is 10.9. The minimum absolute atomic E-state index is 0.656. The van der Waals surface area contributed by atoms with Gasteiger partial charge in [-0.15, -0.1) is 0 Å². The van der Waals surface area contributed by atoms with Crippen molar-refractivity contribution in [2.24, 2.45) is 5.73 Å². The van der Waals surface area contributed by atoms with E-state index >= 15 is 0 Å². The number of nitrogens with one attached hydrogen (secondary N) is 3. The quantitative estimate of drug-likeness (QED) is 0.476. The van der Waals surface area contributed by atoms with E-state index < -0.39 is 0 Å². The summed E-state index contributed by atoms with van der Waals surface area (Å²) in [5.74, 6) is 0. The first-order valence-corrected chi connectivity index (χ1v) is 6.35. The van der Waals surface area contributed by atoms with E-state index in [0.717, 1.165) is 24.0 Å². The van der Waals surface area contributed by atoms with E-state index in [-0.39, 0.29) is 0 Å². The average molecular weight is 263 g/mol. The Labute approximate surface area is 111 Å². The molecule has 0 fully saturated rings. The summed E-state index contributed by atoms with van der Waals surface area (Å²) in [6, 6.07) is 4.01. The minimum Gasteiger partial charge on any atom is -0.363 e. The Morgan fingerprint density at radius 3 is 3.11 bits per heavy atom. The Balaban J connectivity index is 1.90. The third kappa shape index (κ3) is 3.18. The standard InChI is InChI=1S/C12H17N5S/c13-4-1-5-16-12(18)17-8-9-2-6-14-11-10(9)3-7-15-11/h2-3,6-7H,1,4-5,8,13H2,(H,14,15)(H2,16,17,18). The fourth-order valence-corrected chi connectivity index (χ4v) is 1.89. The van der Waals surface area contributed by atoms with Crippen LogP contribution in [0.2, 0.25) is 0 Å². The van der Waals surface area contributed by atoms with E-state index in [1.807, 2.05) is 18.3 Å². The molecule has 0 aliphatic heterocycles. The predicted molar refractivity (Wildman–Crippen MR) is 77.2 cm³/mol. The van der Waals surface area contributed by atoms with Crippen LogP contribution < -0.4 is 16.4 Å². The van der Waals surface area contributed by atoms with Gasteiger partial charge in [0.25, 0.3) is 0 Å². The van der Waals surface area contributed by atoms with Crippen molar-refractivity contribution in [3.63, 3.8) is 0 Å². The van der Waals surface area contributed by atoms with Crippen LogP contribution in [0.15, 0.2) is 24.5 Å². The van der Waals surface area contributed by atoms with Gasteiger partial charge in [0.2, 0.25) is 0 Å². The molecule has 96 valence electrons. The van der Waals surface area contributed by atoms with E-state index in [0.29, 0.717) is 18.2 Å². The van der Waals surface area contributed by atoms with Gasteiger partial charge in [-0.1, -0.05) is 0 Å². The van der Waals surface area contributed by atoms with Crippen molar-refractivity contribution in [2.75, 3.05) is 13.1 Å². The minimum atomic E-state index is 0.656. The van der Waals surface area contributed by atoms with Crippen molar-refractivity contribution >= 4 is 28.4 Å². The molecular formula is C12H17N5S. The number of rotatable bonds is 5. The molecule has 2 aromatic rings. The highest BCUT2D eigenvalue weighted by molar-refractivity contribution is 7.80. The molecular weight excluding hydrogens is 246 g/mol. The van der Waals surface area contributed by atoms with Crippen molar-refractivity contribution < 1.29 is 0 Å². The normalized spacial score (nSPS) is 10.5. The predicted octanol–water partition coefficient (Wildman–Crippen LogP) is 0.876. The average Bonchev–Trinajstić information content (AvgIpc) is 2.85. The first kappa shape index (κ1) is 12.8. The molecule has 0 saturated heterocycles. The lowest BCUT2D eigenvalue weighted by Gasteiger charge is -2.10. The maximum atomic E-state index is 5.42. The summed E-state index contributed by atoms with van der Waals surface area (Å²) in [6.45, 7) is 2.16. The second-order valence-corrected chi connectivity index (χ2v) is 4.37. The second-order valence-electron chi connectivity index (χ2n) is 3.96. The number of thiocarbonyl (C=S) groups is 1. The Kier molecular flexibility index (Phi) is 4.49. The molecule has 0 aliphatic rings. The Morgan fingerprint density at radius 1 is 1.39 bits per heavy atom. The van der Waals surface area contributed by atoms with Gasteiger partial charge in [-0.3, -0.25) is 0 Å². The van der Waals surface area contributed by atoms with Crippen LogP contribution in [-0.2, 0) is 6.54 Å². The Morgan fingerprint density at radius 2 is 2.28 bits per heavy atom.